The van der Waals surface area contributed by atoms with Crippen molar-refractivity contribution < 1.29 is 9.13 Å². The van der Waals surface area contributed by atoms with Crippen LogP contribution in [0, 0.1) is 0 Å². The Hall–Kier alpha value is -1.73. The fourth-order valence-corrected chi connectivity index (χ4v) is 3.58. The first-order chi connectivity index (χ1) is 12.7. The van der Waals surface area contributed by atoms with E-state index in [-0.39, 0.29) is 0 Å². The molecule has 1 saturated heterocycles. The maximum atomic E-state index is 13.2. The Morgan fingerprint density at radius 2 is 2.04 bits per heavy atom. The molecule has 0 aromatic carbocycles. The number of nitrogens with zero attached hydrogens (tertiary/aromatic N) is 3. The summed E-state index contributed by atoms with van der Waals surface area (Å²) in [7, 11) is 1.67. The van der Waals surface area contributed by atoms with E-state index in [0.29, 0.717) is 31.7 Å². The van der Waals surface area contributed by atoms with Gasteiger partial charge in [0.15, 0.2) is 5.82 Å². The van der Waals surface area contributed by atoms with Crippen LogP contribution in [0.5, 0.6) is 0 Å². The summed E-state index contributed by atoms with van der Waals surface area (Å²) in [4.78, 5) is 14.6. The Bertz CT molecular complexity index is 697. The number of ether oxygens (including phenoxy) is 1. The summed E-state index contributed by atoms with van der Waals surface area (Å²) in [5.74, 6) is 1.23. The molecule has 0 unspecified atom stereocenters. The summed E-state index contributed by atoms with van der Waals surface area (Å²) < 4.78 is 18.3. The standard InChI is InChI=1S/C19H30FN5O/c1-26-12-8-16-23-17-14(13-22-18(17)19(21)24-16)5-3-2-4-9-25-10-6-15(20)7-11-25/h13,15,22H,2-12H2,1H3,(H2,21,23,24). The van der Waals surface area contributed by atoms with E-state index in [2.05, 4.69) is 19.9 Å². The number of anilines is 1. The number of H-pyrrole nitrogens is 1. The molecule has 7 heteroatoms. The number of likely N-dealkylation sites (tertiary alicyclic amines) is 1. The number of aromatic nitrogens is 3. The molecule has 1 fully saturated rings. The summed E-state index contributed by atoms with van der Waals surface area (Å²) in [6.07, 6.45) is 7.89. The minimum atomic E-state index is -0.587. The van der Waals surface area contributed by atoms with Gasteiger partial charge in [0.2, 0.25) is 0 Å². The van der Waals surface area contributed by atoms with Crippen LogP contribution in [0.1, 0.15) is 43.5 Å². The molecule has 3 N–H and O–H groups in total. The van der Waals surface area contributed by atoms with Gasteiger partial charge in [-0.05, 0) is 44.2 Å². The van der Waals surface area contributed by atoms with E-state index in [0.717, 1.165) is 55.8 Å². The summed E-state index contributed by atoms with van der Waals surface area (Å²) in [5.41, 5.74) is 9.02. The van der Waals surface area contributed by atoms with Gasteiger partial charge in [0.1, 0.15) is 17.5 Å². The number of alkyl halides is 1. The van der Waals surface area contributed by atoms with Crippen LogP contribution in [0.4, 0.5) is 10.2 Å². The summed E-state index contributed by atoms with van der Waals surface area (Å²) in [6.45, 7) is 3.48. The molecular formula is C19H30FN5O. The molecule has 1 aliphatic heterocycles. The van der Waals surface area contributed by atoms with Gasteiger partial charge in [0.25, 0.3) is 0 Å². The summed E-state index contributed by atoms with van der Waals surface area (Å²) in [6, 6.07) is 0. The van der Waals surface area contributed by atoms with Crippen LogP contribution in [0.25, 0.3) is 11.0 Å². The molecule has 3 heterocycles. The number of halogens is 1. The molecule has 26 heavy (non-hydrogen) atoms. The van der Waals surface area contributed by atoms with E-state index in [9.17, 15) is 4.39 Å². The van der Waals surface area contributed by atoms with Crippen LogP contribution in [-0.4, -0.2) is 59.4 Å². The molecule has 144 valence electrons. The lowest BCUT2D eigenvalue weighted by Crippen LogP contribution is -2.35. The van der Waals surface area contributed by atoms with E-state index >= 15 is 0 Å². The quantitative estimate of drug-likeness (QED) is 0.670. The number of aryl methyl sites for hydroxylation is 1. The van der Waals surface area contributed by atoms with Crippen molar-refractivity contribution in [1.29, 1.82) is 0 Å². The molecule has 0 saturated carbocycles. The average Bonchev–Trinajstić information content (AvgIpc) is 3.05. The van der Waals surface area contributed by atoms with E-state index < -0.39 is 6.17 Å². The molecule has 3 rings (SSSR count). The van der Waals surface area contributed by atoms with Gasteiger partial charge in [-0.3, -0.25) is 0 Å². The highest BCUT2D eigenvalue weighted by atomic mass is 19.1. The second kappa shape index (κ2) is 9.28. The van der Waals surface area contributed by atoms with Gasteiger partial charge in [-0.25, -0.2) is 14.4 Å². The Kier molecular flexibility index (Phi) is 6.80. The van der Waals surface area contributed by atoms with E-state index in [1.807, 2.05) is 6.20 Å². The molecule has 0 spiro atoms. The number of hydrogen-bond donors (Lipinski definition) is 2. The molecule has 6 nitrogen and oxygen atoms in total. The van der Waals surface area contributed by atoms with Crippen molar-refractivity contribution in [3.63, 3.8) is 0 Å². The van der Waals surface area contributed by atoms with Gasteiger partial charge in [-0.1, -0.05) is 6.42 Å². The first-order valence-electron chi connectivity index (χ1n) is 9.65. The van der Waals surface area contributed by atoms with Crippen molar-refractivity contribution in [1.82, 2.24) is 19.9 Å². The molecule has 0 atom stereocenters. The minimum Gasteiger partial charge on any atom is -0.384 e. The third-order valence-corrected chi connectivity index (χ3v) is 5.15. The maximum Gasteiger partial charge on any atom is 0.151 e. The Balaban J connectivity index is 1.48. The molecule has 2 aromatic heterocycles. The number of nitrogens with two attached hydrogens (primary N) is 1. The maximum absolute atomic E-state index is 13.2. The molecule has 1 aliphatic rings. The number of rotatable bonds is 9. The Morgan fingerprint density at radius 3 is 2.81 bits per heavy atom. The lowest BCUT2D eigenvalue weighted by atomic mass is 10.1. The van der Waals surface area contributed by atoms with Crippen LogP contribution in [0.3, 0.4) is 0 Å². The average molecular weight is 363 g/mol. The summed E-state index contributed by atoms with van der Waals surface area (Å²) >= 11 is 0. The highest BCUT2D eigenvalue weighted by molar-refractivity contribution is 5.87. The van der Waals surface area contributed by atoms with Gasteiger partial charge in [-0.15, -0.1) is 0 Å². The Morgan fingerprint density at radius 1 is 1.23 bits per heavy atom. The van der Waals surface area contributed by atoms with Gasteiger partial charge in [0.05, 0.1) is 12.1 Å². The van der Waals surface area contributed by atoms with Crippen molar-refractivity contribution in [3.05, 3.63) is 17.6 Å². The van der Waals surface area contributed by atoms with Crippen LogP contribution < -0.4 is 5.73 Å². The van der Waals surface area contributed by atoms with Crippen LogP contribution >= 0.6 is 0 Å². The number of methoxy groups -OCH3 is 1. The second-order valence-corrected chi connectivity index (χ2v) is 7.13. The smallest absolute Gasteiger partial charge is 0.151 e. The molecular weight excluding hydrogens is 333 g/mol. The third-order valence-electron chi connectivity index (χ3n) is 5.15. The number of piperidine rings is 1. The lowest BCUT2D eigenvalue weighted by Gasteiger charge is -2.28. The van der Waals surface area contributed by atoms with E-state index in [1.54, 1.807) is 7.11 Å². The van der Waals surface area contributed by atoms with Gasteiger partial charge in [-0.2, -0.15) is 0 Å². The number of nitrogen functional groups attached to an aromatic ring is 1. The van der Waals surface area contributed by atoms with Crippen molar-refractivity contribution >= 4 is 16.9 Å². The molecule has 2 aromatic rings. The van der Waals surface area contributed by atoms with Crippen LogP contribution in [-0.2, 0) is 17.6 Å². The third kappa shape index (κ3) is 4.92. The topological polar surface area (TPSA) is 80.1 Å². The fourth-order valence-electron chi connectivity index (χ4n) is 3.58. The predicted octanol–water partition coefficient (Wildman–Crippen LogP) is 2.88. The van der Waals surface area contributed by atoms with Gasteiger partial charge >= 0.3 is 0 Å². The monoisotopic (exact) mass is 363 g/mol. The molecule has 0 radical (unpaired) electrons. The SMILES string of the molecule is COCCc1nc(N)c2[nH]cc(CCCCCN3CCC(F)CC3)c2n1. The number of nitrogens with one attached hydrogen (secondary N) is 1. The van der Waals surface area contributed by atoms with Crippen molar-refractivity contribution in [2.75, 3.05) is 39.1 Å². The zero-order valence-corrected chi connectivity index (χ0v) is 15.6. The number of hydrogen-bond acceptors (Lipinski definition) is 5. The van der Waals surface area contributed by atoms with Crippen molar-refractivity contribution in [3.8, 4) is 0 Å². The predicted molar refractivity (Wildman–Crippen MR) is 102 cm³/mol. The number of fused-ring (bicyclic) bond motifs is 1. The lowest BCUT2D eigenvalue weighted by molar-refractivity contribution is 0.149. The number of aromatic amines is 1. The van der Waals surface area contributed by atoms with E-state index in [4.69, 9.17) is 10.5 Å². The number of unbranched alkanes of at least 4 members (excludes halogenated alkanes) is 2. The molecule has 0 bridgehead atoms. The van der Waals surface area contributed by atoms with Crippen molar-refractivity contribution in [2.45, 2.75) is 51.1 Å². The van der Waals surface area contributed by atoms with Gasteiger partial charge in [0, 0.05) is 32.8 Å². The molecule has 0 amide bonds. The highest BCUT2D eigenvalue weighted by Crippen LogP contribution is 2.22. The molecule has 0 aliphatic carbocycles. The second-order valence-electron chi connectivity index (χ2n) is 7.13. The first-order valence-corrected chi connectivity index (χ1v) is 9.65. The van der Waals surface area contributed by atoms with Gasteiger partial charge < -0.3 is 20.4 Å². The van der Waals surface area contributed by atoms with Crippen molar-refractivity contribution in [2.24, 2.45) is 0 Å². The fraction of sp³-hybridized carbons (Fsp3) is 0.684. The zero-order chi connectivity index (χ0) is 18.4. The zero-order valence-electron chi connectivity index (χ0n) is 15.6. The minimum absolute atomic E-state index is 0.503. The largest absolute Gasteiger partial charge is 0.384 e. The van der Waals surface area contributed by atoms with E-state index in [1.165, 1.54) is 12.0 Å². The van der Waals surface area contributed by atoms with Crippen LogP contribution in [0.15, 0.2) is 6.20 Å². The Labute approximate surface area is 154 Å². The summed E-state index contributed by atoms with van der Waals surface area (Å²) in [5, 5.41) is 0. The normalized spacial score (nSPS) is 16.5. The van der Waals surface area contributed by atoms with Crippen LogP contribution in [0.2, 0.25) is 0 Å². The highest BCUT2D eigenvalue weighted by Gasteiger charge is 2.17. The first kappa shape index (κ1) is 19.0.